The van der Waals surface area contributed by atoms with E-state index in [1.807, 2.05) is 0 Å². The van der Waals surface area contributed by atoms with Gasteiger partial charge in [-0.1, -0.05) is 32.4 Å². The van der Waals surface area contributed by atoms with Gasteiger partial charge >= 0.3 is 0 Å². The SMILES string of the molecule is C[C@H]1C(=O)CC[C@@]2(C)C3=CCCCC3(C)CCC12. The average Bonchev–Trinajstić information content (AvgIpc) is 2.34. The van der Waals surface area contributed by atoms with Gasteiger partial charge < -0.3 is 0 Å². The molecule has 0 saturated heterocycles. The smallest absolute Gasteiger partial charge is 0.136 e. The second-order valence-corrected chi connectivity index (χ2v) is 7.39. The van der Waals surface area contributed by atoms with E-state index in [1.54, 1.807) is 5.57 Å². The van der Waals surface area contributed by atoms with E-state index in [9.17, 15) is 4.79 Å². The molecule has 4 atom stereocenters. The van der Waals surface area contributed by atoms with Gasteiger partial charge in [-0.15, -0.1) is 0 Å². The second kappa shape index (κ2) is 3.95. The quantitative estimate of drug-likeness (QED) is 0.574. The van der Waals surface area contributed by atoms with Gasteiger partial charge in [0.15, 0.2) is 0 Å². The summed E-state index contributed by atoms with van der Waals surface area (Å²) in [6.07, 6.45) is 11.0. The number of rotatable bonds is 0. The normalized spacial score (nSPS) is 48.2. The first kappa shape index (κ1) is 12.4. The van der Waals surface area contributed by atoms with Gasteiger partial charge in [-0.2, -0.15) is 0 Å². The first-order valence-electron chi connectivity index (χ1n) is 7.71. The van der Waals surface area contributed by atoms with Crippen molar-refractivity contribution >= 4 is 5.78 Å². The molecule has 0 heterocycles. The van der Waals surface area contributed by atoms with Gasteiger partial charge in [-0.25, -0.2) is 0 Å². The van der Waals surface area contributed by atoms with E-state index < -0.39 is 0 Å². The van der Waals surface area contributed by atoms with Gasteiger partial charge in [0.05, 0.1) is 0 Å². The van der Waals surface area contributed by atoms with Crippen LogP contribution in [0.1, 0.15) is 65.7 Å². The summed E-state index contributed by atoms with van der Waals surface area (Å²) in [5.74, 6) is 1.41. The summed E-state index contributed by atoms with van der Waals surface area (Å²) >= 11 is 0. The van der Waals surface area contributed by atoms with Crippen molar-refractivity contribution in [1.29, 1.82) is 0 Å². The minimum atomic E-state index is 0.288. The van der Waals surface area contributed by atoms with Crippen LogP contribution in [0.2, 0.25) is 0 Å². The lowest BCUT2D eigenvalue weighted by Gasteiger charge is -2.57. The molecule has 18 heavy (non-hydrogen) atoms. The monoisotopic (exact) mass is 246 g/mol. The zero-order valence-corrected chi connectivity index (χ0v) is 12.1. The van der Waals surface area contributed by atoms with Crippen molar-refractivity contribution in [2.75, 3.05) is 0 Å². The Morgan fingerprint density at radius 1 is 1.22 bits per heavy atom. The molecule has 0 aromatic carbocycles. The molecule has 2 unspecified atom stereocenters. The lowest BCUT2D eigenvalue weighted by Crippen LogP contribution is -2.49. The summed E-state index contributed by atoms with van der Waals surface area (Å²) < 4.78 is 0. The van der Waals surface area contributed by atoms with Crippen molar-refractivity contribution in [3.05, 3.63) is 11.6 Å². The first-order chi connectivity index (χ1) is 8.47. The molecule has 0 aliphatic heterocycles. The summed E-state index contributed by atoms with van der Waals surface area (Å²) in [5.41, 5.74) is 2.49. The first-order valence-corrected chi connectivity index (χ1v) is 7.71. The maximum Gasteiger partial charge on any atom is 0.136 e. The van der Waals surface area contributed by atoms with Crippen LogP contribution in [0.25, 0.3) is 0 Å². The molecule has 1 nitrogen and oxygen atoms in total. The van der Waals surface area contributed by atoms with E-state index >= 15 is 0 Å². The second-order valence-electron chi connectivity index (χ2n) is 7.39. The van der Waals surface area contributed by atoms with E-state index in [-0.39, 0.29) is 5.92 Å². The molecule has 2 saturated carbocycles. The highest BCUT2D eigenvalue weighted by molar-refractivity contribution is 5.82. The molecule has 0 amide bonds. The minimum Gasteiger partial charge on any atom is -0.299 e. The van der Waals surface area contributed by atoms with Crippen LogP contribution >= 0.6 is 0 Å². The van der Waals surface area contributed by atoms with E-state index in [2.05, 4.69) is 26.8 Å². The fourth-order valence-corrected chi connectivity index (χ4v) is 5.25. The number of fused-ring (bicyclic) bond motifs is 3. The van der Waals surface area contributed by atoms with E-state index in [0.29, 0.717) is 22.5 Å². The fourth-order valence-electron chi connectivity index (χ4n) is 5.25. The number of Topliss-reactive ketones (excluding diaryl/α,β-unsaturated/α-hetero) is 1. The fraction of sp³-hybridized carbons (Fsp3) is 0.824. The third-order valence-electron chi connectivity index (χ3n) is 6.37. The Kier molecular flexibility index (Phi) is 2.73. The number of carbonyl (C=O) groups excluding carboxylic acids is 1. The molecule has 0 aromatic rings. The molecule has 1 heteroatoms. The van der Waals surface area contributed by atoms with E-state index in [0.717, 1.165) is 12.8 Å². The van der Waals surface area contributed by atoms with Crippen LogP contribution in [0.5, 0.6) is 0 Å². The van der Waals surface area contributed by atoms with Crippen molar-refractivity contribution in [3.8, 4) is 0 Å². The summed E-state index contributed by atoms with van der Waals surface area (Å²) in [6.45, 7) is 7.10. The van der Waals surface area contributed by atoms with Gasteiger partial charge in [0, 0.05) is 12.3 Å². The molecule has 3 aliphatic carbocycles. The van der Waals surface area contributed by atoms with Gasteiger partial charge in [-0.3, -0.25) is 4.79 Å². The van der Waals surface area contributed by atoms with E-state index in [1.165, 1.54) is 32.1 Å². The third kappa shape index (κ3) is 1.55. The van der Waals surface area contributed by atoms with Crippen LogP contribution in [-0.4, -0.2) is 5.78 Å². The zero-order chi connectivity index (χ0) is 13.0. The number of allylic oxidation sites excluding steroid dienone is 2. The summed E-state index contributed by atoms with van der Waals surface area (Å²) in [6, 6.07) is 0. The molecule has 0 aromatic heterocycles. The highest BCUT2D eigenvalue weighted by Crippen LogP contribution is 2.62. The highest BCUT2D eigenvalue weighted by atomic mass is 16.1. The third-order valence-corrected chi connectivity index (χ3v) is 6.37. The van der Waals surface area contributed by atoms with Crippen LogP contribution in [0.15, 0.2) is 11.6 Å². The number of hydrogen-bond donors (Lipinski definition) is 0. The summed E-state index contributed by atoms with van der Waals surface area (Å²) in [5, 5.41) is 0. The van der Waals surface area contributed by atoms with Gasteiger partial charge in [0.2, 0.25) is 0 Å². The summed E-state index contributed by atoms with van der Waals surface area (Å²) in [7, 11) is 0. The van der Waals surface area contributed by atoms with Crippen molar-refractivity contribution < 1.29 is 4.79 Å². The van der Waals surface area contributed by atoms with Crippen molar-refractivity contribution in [1.82, 2.24) is 0 Å². The topological polar surface area (TPSA) is 17.1 Å². The maximum absolute atomic E-state index is 12.0. The van der Waals surface area contributed by atoms with Crippen LogP contribution < -0.4 is 0 Å². The largest absolute Gasteiger partial charge is 0.299 e. The Balaban J connectivity index is 2.02. The number of carbonyl (C=O) groups is 1. The minimum absolute atomic E-state index is 0.288. The van der Waals surface area contributed by atoms with Crippen LogP contribution in [-0.2, 0) is 4.79 Å². The average molecular weight is 246 g/mol. The van der Waals surface area contributed by atoms with Crippen LogP contribution in [0, 0.1) is 22.7 Å². The molecule has 2 fully saturated rings. The van der Waals surface area contributed by atoms with Gasteiger partial charge in [0.25, 0.3) is 0 Å². The summed E-state index contributed by atoms with van der Waals surface area (Å²) in [4.78, 5) is 12.0. The zero-order valence-electron chi connectivity index (χ0n) is 12.1. The van der Waals surface area contributed by atoms with Crippen LogP contribution in [0.4, 0.5) is 0 Å². The number of hydrogen-bond acceptors (Lipinski definition) is 1. The Hall–Kier alpha value is -0.590. The predicted octanol–water partition coefficient (Wildman–Crippen LogP) is 4.52. The van der Waals surface area contributed by atoms with Crippen LogP contribution in [0.3, 0.4) is 0 Å². The molecule has 3 aliphatic rings. The Labute approximate surface area is 111 Å². The Morgan fingerprint density at radius 2 is 2.00 bits per heavy atom. The predicted molar refractivity (Wildman–Crippen MR) is 74.3 cm³/mol. The molecule has 3 rings (SSSR count). The lowest BCUT2D eigenvalue weighted by atomic mass is 9.47. The van der Waals surface area contributed by atoms with Gasteiger partial charge in [-0.05, 0) is 55.3 Å². The van der Waals surface area contributed by atoms with E-state index in [4.69, 9.17) is 0 Å². The molecule has 0 N–H and O–H groups in total. The standard InChI is InChI=1S/C17H26O/c1-12-13-7-10-16(2)9-5-4-6-15(16)17(13,3)11-8-14(12)18/h6,12-13H,4-5,7-11H2,1-3H3/t12-,13?,16?,17-/m1/s1. The lowest BCUT2D eigenvalue weighted by molar-refractivity contribution is -0.131. The molecular weight excluding hydrogens is 220 g/mol. The molecule has 100 valence electrons. The molecule has 0 spiro atoms. The molecular formula is C17H26O. The number of ketones is 1. The molecule has 0 radical (unpaired) electrons. The Morgan fingerprint density at radius 3 is 2.78 bits per heavy atom. The van der Waals surface area contributed by atoms with Crippen molar-refractivity contribution in [3.63, 3.8) is 0 Å². The van der Waals surface area contributed by atoms with Crippen molar-refractivity contribution in [2.45, 2.75) is 65.7 Å². The van der Waals surface area contributed by atoms with Gasteiger partial charge in [0.1, 0.15) is 5.78 Å². The highest BCUT2D eigenvalue weighted by Gasteiger charge is 2.54. The van der Waals surface area contributed by atoms with Crippen molar-refractivity contribution in [2.24, 2.45) is 22.7 Å². The Bertz CT molecular complexity index is 408. The maximum atomic E-state index is 12.0. The molecule has 0 bridgehead atoms.